The summed E-state index contributed by atoms with van der Waals surface area (Å²) >= 11 is 0. The van der Waals surface area contributed by atoms with Gasteiger partial charge in [0.25, 0.3) is 5.56 Å². The maximum Gasteiger partial charge on any atom is 0.263 e. The van der Waals surface area contributed by atoms with E-state index in [4.69, 9.17) is 5.73 Å². The van der Waals surface area contributed by atoms with Gasteiger partial charge in [0, 0.05) is 11.2 Å². The number of hydrogen-bond acceptors (Lipinski definition) is 5. The van der Waals surface area contributed by atoms with E-state index in [1.54, 1.807) is 27.4 Å². The summed E-state index contributed by atoms with van der Waals surface area (Å²) < 4.78 is 17.4. The number of aryl methyl sites for hydroxylation is 1. The number of nitrogens with two attached hydrogens (primary N) is 1. The fourth-order valence-corrected chi connectivity index (χ4v) is 4.05. The smallest absolute Gasteiger partial charge is 0.263 e. The third kappa shape index (κ3) is 2.95. The van der Waals surface area contributed by atoms with Gasteiger partial charge in [-0.1, -0.05) is 18.2 Å². The molecule has 0 amide bonds. The number of nitrogen functional groups attached to an aromatic ring is 1. The molecule has 4 heterocycles. The fraction of sp³-hybridized carbons (Fsp3) is 0.130. The van der Waals surface area contributed by atoms with Crippen LogP contribution in [0.3, 0.4) is 0 Å². The summed E-state index contributed by atoms with van der Waals surface area (Å²) in [5.41, 5.74) is 9.50. The first-order valence-electron chi connectivity index (χ1n) is 9.80. The predicted molar refractivity (Wildman–Crippen MR) is 117 cm³/mol. The Morgan fingerprint density at radius 2 is 1.90 bits per heavy atom. The van der Waals surface area contributed by atoms with Gasteiger partial charge < -0.3 is 5.73 Å². The normalized spacial score (nSPS) is 12.5. The van der Waals surface area contributed by atoms with Crippen molar-refractivity contribution in [3.05, 3.63) is 88.5 Å². The molecule has 0 radical (unpaired) electrons. The monoisotopic (exact) mass is 414 g/mol. The Hall–Kier alpha value is -4.07. The molecular weight excluding hydrogens is 395 g/mol. The van der Waals surface area contributed by atoms with Crippen molar-refractivity contribution < 1.29 is 4.39 Å². The number of hydrogen-bond donors (Lipinski definition) is 1. The van der Waals surface area contributed by atoms with Crippen LogP contribution in [0.2, 0.25) is 0 Å². The van der Waals surface area contributed by atoms with Crippen molar-refractivity contribution in [1.82, 2.24) is 24.1 Å². The van der Waals surface area contributed by atoms with Gasteiger partial charge in [0.05, 0.1) is 23.2 Å². The van der Waals surface area contributed by atoms with Gasteiger partial charge in [-0.25, -0.2) is 19.0 Å². The number of anilines is 1. The Bertz CT molecular complexity index is 1520. The van der Waals surface area contributed by atoms with Gasteiger partial charge in [0.1, 0.15) is 18.0 Å². The van der Waals surface area contributed by atoms with Gasteiger partial charge in [-0.2, -0.15) is 5.10 Å². The van der Waals surface area contributed by atoms with Gasteiger partial charge >= 0.3 is 0 Å². The highest BCUT2D eigenvalue weighted by atomic mass is 19.1. The molecule has 0 aliphatic carbocycles. The van der Waals surface area contributed by atoms with E-state index in [2.05, 4.69) is 15.1 Å². The lowest BCUT2D eigenvalue weighted by molar-refractivity contribution is 0.579. The van der Waals surface area contributed by atoms with Gasteiger partial charge in [-0.05, 0) is 55.3 Å². The first kappa shape index (κ1) is 18.9. The molecular formula is C23H19FN6O. The van der Waals surface area contributed by atoms with Crippen molar-refractivity contribution >= 4 is 22.4 Å². The molecule has 0 fully saturated rings. The zero-order chi connectivity index (χ0) is 21.7. The summed E-state index contributed by atoms with van der Waals surface area (Å²) in [6, 6.07) is 13.3. The number of halogens is 1. The van der Waals surface area contributed by atoms with E-state index in [1.165, 1.54) is 18.5 Å². The molecule has 0 unspecified atom stereocenters. The SMILES string of the molecule is Cc1cccc2cc([C@H](C)n3ncc4c(N)ncnc43)c(-c3cccc(F)c3)c(=O)n12. The summed E-state index contributed by atoms with van der Waals surface area (Å²) in [5, 5.41) is 5.10. The molecule has 0 saturated carbocycles. The van der Waals surface area contributed by atoms with Crippen LogP contribution in [0.5, 0.6) is 0 Å². The Kier molecular flexibility index (Phi) is 4.28. The Morgan fingerprint density at radius 3 is 2.71 bits per heavy atom. The zero-order valence-electron chi connectivity index (χ0n) is 17.0. The molecule has 0 saturated heterocycles. The van der Waals surface area contributed by atoms with E-state index in [1.807, 2.05) is 38.1 Å². The second-order valence-electron chi connectivity index (χ2n) is 7.48. The maximum atomic E-state index is 14.1. The van der Waals surface area contributed by atoms with Crippen LogP contribution < -0.4 is 11.3 Å². The van der Waals surface area contributed by atoms with Crippen LogP contribution in [-0.4, -0.2) is 24.1 Å². The number of fused-ring (bicyclic) bond motifs is 2. The van der Waals surface area contributed by atoms with E-state index in [0.717, 1.165) is 11.2 Å². The Morgan fingerprint density at radius 1 is 1.10 bits per heavy atom. The molecule has 0 spiro atoms. The average Bonchev–Trinajstić information content (AvgIpc) is 3.18. The molecule has 31 heavy (non-hydrogen) atoms. The minimum atomic E-state index is -0.407. The number of rotatable bonds is 3. The zero-order valence-corrected chi connectivity index (χ0v) is 17.0. The van der Waals surface area contributed by atoms with Crippen LogP contribution in [0.25, 0.3) is 27.7 Å². The second kappa shape index (κ2) is 7.02. The topological polar surface area (TPSA) is 91.1 Å². The van der Waals surface area contributed by atoms with Crippen molar-refractivity contribution in [1.29, 1.82) is 0 Å². The number of nitrogens with zero attached hydrogens (tertiary/aromatic N) is 5. The van der Waals surface area contributed by atoms with E-state index in [-0.39, 0.29) is 11.6 Å². The van der Waals surface area contributed by atoms with Crippen molar-refractivity contribution in [3.63, 3.8) is 0 Å². The van der Waals surface area contributed by atoms with E-state index in [0.29, 0.717) is 33.5 Å². The minimum absolute atomic E-state index is 0.214. The maximum absolute atomic E-state index is 14.1. The number of benzene rings is 1. The average molecular weight is 414 g/mol. The van der Waals surface area contributed by atoms with Crippen molar-refractivity contribution in [2.75, 3.05) is 5.73 Å². The lowest BCUT2D eigenvalue weighted by Gasteiger charge is -2.19. The van der Waals surface area contributed by atoms with Crippen LogP contribution in [-0.2, 0) is 0 Å². The standard InChI is InChI=1S/C23H19FN6O/c1-13-5-3-8-17-10-18(14(2)30-22-19(11-28-30)21(25)26-12-27-22)20(23(31)29(13)17)15-6-4-7-16(24)9-15/h3-12,14H,1-2H3,(H2,25,26,27)/t14-/m0/s1. The molecule has 8 heteroatoms. The van der Waals surface area contributed by atoms with Gasteiger partial charge in [-0.3, -0.25) is 9.20 Å². The fourth-order valence-electron chi connectivity index (χ4n) is 4.05. The molecule has 4 aromatic heterocycles. The lowest BCUT2D eigenvalue weighted by atomic mass is 9.96. The summed E-state index contributed by atoms with van der Waals surface area (Å²) in [6.07, 6.45) is 3.00. The summed E-state index contributed by atoms with van der Waals surface area (Å²) in [7, 11) is 0. The van der Waals surface area contributed by atoms with Crippen LogP contribution in [0.1, 0.15) is 24.2 Å². The molecule has 5 aromatic rings. The van der Waals surface area contributed by atoms with Crippen LogP contribution in [0.15, 0.2) is 65.8 Å². The van der Waals surface area contributed by atoms with Gasteiger partial charge in [0.15, 0.2) is 5.65 Å². The first-order chi connectivity index (χ1) is 15.0. The van der Waals surface area contributed by atoms with E-state index >= 15 is 0 Å². The summed E-state index contributed by atoms with van der Waals surface area (Å²) in [4.78, 5) is 22.0. The summed E-state index contributed by atoms with van der Waals surface area (Å²) in [5.74, 6) is -0.0709. The van der Waals surface area contributed by atoms with E-state index < -0.39 is 5.82 Å². The second-order valence-corrected chi connectivity index (χ2v) is 7.48. The largest absolute Gasteiger partial charge is 0.383 e. The Balaban J connectivity index is 1.84. The first-order valence-corrected chi connectivity index (χ1v) is 9.80. The third-order valence-corrected chi connectivity index (χ3v) is 5.58. The van der Waals surface area contributed by atoms with Crippen LogP contribution >= 0.6 is 0 Å². The highest BCUT2D eigenvalue weighted by molar-refractivity contribution is 5.85. The van der Waals surface area contributed by atoms with Crippen molar-refractivity contribution in [3.8, 4) is 11.1 Å². The molecule has 154 valence electrons. The number of aromatic nitrogens is 5. The van der Waals surface area contributed by atoms with Gasteiger partial charge in [0.2, 0.25) is 0 Å². The third-order valence-electron chi connectivity index (χ3n) is 5.58. The summed E-state index contributed by atoms with van der Waals surface area (Å²) in [6.45, 7) is 3.79. The molecule has 2 N–H and O–H groups in total. The van der Waals surface area contributed by atoms with Crippen molar-refractivity contribution in [2.24, 2.45) is 0 Å². The molecule has 1 atom stereocenters. The highest BCUT2D eigenvalue weighted by Crippen LogP contribution is 2.31. The molecule has 0 aliphatic rings. The molecule has 0 aliphatic heterocycles. The minimum Gasteiger partial charge on any atom is -0.383 e. The van der Waals surface area contributed by atoms with E-state index in [9.17, 15) is 9.18 Å². The van der Waals surface area contributed by atoms with Crippen molar-refractivity contribution in [2.45, 2.75) is 19.9 Å². The highest BCUT2D eigenvalue weighted by Gasteiger charge is 2.22. The molecule has 0 bridgehead atoms. The van der Waals surface area contributed by atoms with Gasteiger partial charge in [-0.15, -0.1) is 0 Å². The van der Waals surface area contributed by atoms with Crippen LogP contribution in [0.4, 0.5) is 10.2 Å². The molecule has 5 rings (SSSR count). The molecule has 7 nitrogen and oxygen atoms in total. The predicted octanol–water partition coefficient (Wildman–Crippen LogP) is 3.75. The number of pyridine rings is 2. The quantitative estimate of drug-likeness (QED) is 0.486. The molecule has 1 aromatic carbocycles. The lowest BCUT2D eigenvalue weighted by Crippen LogP contribution is -2.22. The van der Waals surface area contributed by atoms with Crippen LogP contribution in [0, 0.1) is 12.7 Å². The Labute approximate surface area is 176 Å².